The van der Waals surface area contributed by atoms with Crippen molar-refractivity contribution in [1.82, 2.24) is 4.31 Å². The van der Waals surface area contributed by atoms with Gasteiger partial charge in [0.05, 0.1) is 31.2 Å². The van der Waals surface area contributed by atoms with E-state index >= 15 is 0 Å². The summed E-state index contributed by atoms with van der Waals surface area (Å²) in [5.41, 5.74) is 0.465. The van der Waals surface area contributed by atoms with Crippen LogP contribution in [0.2, 0.25) is 0 Å². The van der Waals surface area contributed by atoms with Crippen LogP contribution in [0.1, 0.15) is 15.9 Å². The van der Waals surface area contributed by atoms with E-state index < -0.39 is 34.3 Å². The number of carbonyl (C=O) groups is 2. The van der Waals surface area contributed by atoms with Gasteiger partial charge in [-0.1, -0.05) is 30.3 Å². The first kappa shape index (κ1) is 20.5. The van der Waals surface area contributed by atoms with Gasteiger partial charge in [0.2, 0.25) is 15.9 Å². The molecule has 0 aliphatic carbocycles. The average Bonchev–Trinajstić information content (AvgIpc) is 2.62. The van der Waals surface area contributed by atoms with Crippen molar-refractivity contribution >= 4 is 27.6 Å². The number of hydrogen-bond acceptors (Lipinski definition) is 5. The van der Waals surface area contributed by atoms with E-state index in [0.717, 1.165) is 10.6 Å². The molecule has 2 rings (SSSR count). The number of methoxy groups -OCH3 is 1. The van der Waals surface area contributed by atoms with E-state index in [1.165, 1.54) is 37.4 Å². The van der Waals surface area contributed by atoms with Crippen molar-refractivity contribution in [3.63, 3.8) is 0 Å². The molecule has 0 saturated heterocycles. The van der Waals surface area contributed by atoms with Gasteiger partial charge in [0.1, 0.15) is 5.82 Å². The fourth-order valence-corrected chi connectivity index (χ4v) is 3.06. The van der Waals surface area contributed by atoms with E-state index in [1.807, 2.05) is 0 Å². The highest BCUT2D eigenvalue weighted by Gasteiger charge is 2.23. The van der Waals surface area contributed by atoms with Gasteiger partial charge in [-0.3, -0.25) is 4.79 Å². The number of carbonyl (C=O) groups excluding carboxylic acids is 2. The Kier molecular flexibility index (Phi) is 6.65. The topological polar surface area (TPSA) is 92.8 Å². The van der Waals surface area contributed by atoms with Crippen LogP contribution < -0.4 is 5.32 Å². The number of rotatable bonds is 7. The van der Waals surface area contributed by atoms with Crippen LogP contribution in [-0.2, 0) is 26.1 Å². The SMILES string of the molecule is COC(=O)c1ccccc1NC(=O)CN(Cc1ccccc1F)S(C)(=O)=O. The maximum Gasteiger partial charge on any atom is 0.339 e. The lowest BCUT2D eigenvalue weighted by Gasteiger charge is -2.20. The summed E-state index contributed by atoms with van der Waals surface area (Å²) in [6, 6.07) is 11.9. The molecule has 0 spiro atoms. The lowest BCUT2D eigenvalue weighted by atomic mass is 10.2. The van der Waals surface area contributed by atoms with Gasteiger partial charge in [0, 0.05) is 12.1 Å². The second kappa shape index (κ2) is 8.74. The van der Waals surface area contributed by atoms with Gasteiger partial charge in [0.15, 0.2) is 0 Å². The largest absolute Gasteiger partial charge is 0.465 e. The second-order valence-electron chi connectivity index (χ2n) is 5.71. The summed E-state index contributed by atoms with van der Waals surface area (Å²) in [5.74, 6) is -1.88. The fraction of sp³-hybridized carbons (Fsp3) is 0.222. The molecule has 0 bridgehead atoms. The van der Waals surface area contributed by atoms with Gasteiger partial charge in [-0.05, 0) is 18.2 Å². The highest BCUT2D eigenvalue weighted by atomic mass is 32.2. The second-order valence-corrected chi connectivity index (χ2v) is 7.69. The minimum absolute atomic E-state index is 0.133. The number of benzene rings is 2. The Morgan fingerprint density at radius 1 is 1.11 bits per heavy atom. The number of para-hydroxylation sites is 1. The molecule has 7 nitrogen and oxygen atoms in total. The third-order valence-electron chi connectivity index (χ3n) is 3.70. The molecule has 0 heterocycles. The molecule has 0 aliphatic heterocycles. The molecule has 0 aromatic heterocycles. The van der Waals surface area contributed by atoms with Crippen LogP contribution >= 0.6 is 0 Å². The summed E-state index contributed by atoms with van der Waals surface area (Å²) in [5, 5.41) is 2.49. The Bertz CT molecular complexity index is 946. The van der Waals surface area contributed by atoms with E-state index in [1.54, 1.807) is 18.2 Å². The summed E-state index contributed by atoms with van der Waals surface area (Å²) >= 11 is 0. The summed E-state index contributed by atoms with van der Waals surface area (Å²) in [7, 11) is -2.58. The molecule has 0 atom stereocenters. The first-order chi connectivity index (χ1) is 12.7. The van der Waals surface area contributed by atoms with E-state index in [4.69, 9.17) is 0 Å². The van der Waals surface area contributed by atoms with Crippen molar-refractivity contribution in [3.8, 4) is 0 Å². The Hall–Kier alpha value is -2.78. The maximum absolute atomic E-state index is 13.8. The predicted octanol–water partition coefficient (Wildman–Crippen LogP) is 2.01. The lowest BCUT2D eigenvalue weighted by Crippen LogP contribution is -2.37. The summed E-state index contributed by atoms with van der Waals surface area (Å²) < 4.78 is 43.3. The number of halogens is 1. The van der Waals surface area contributed by atoms with Crippen LogP contribution in [0.25, 0.3) is 0 Å². The quantitative estimate of drug-likeness (QED) is 0.725. The molecule has 0 aliphatic rings. The van der Waals surface area contributed by atoms with E-state index in [0.29, 0.717) is 0 Å². The van der Waals surface area contributed by atoms with Crippen LogP contribution in [0.3, 0.4) is 0 Å². The fourth-order valence-electron chi connectivity index (χ4n) is 2.34. The number of amides is 1. The van der Waals surface area contributed by atoms with Crippen molar-refractivity contribution in [1.29, 1.82) is 0 Å². The standard InChI is InChI=1S/C18H19FN2O5S/c1-26-18(23)14-8-4-6-10-16(14)20-17(22)12-21(27(2,24)25)11-13-7-3-5-9-15(13)19/h3-10H,11-12H2,1-2H3,(H,20,22). The molecule has 2 aromatic carbocycles. The molecule has 144 valence electrons. The van der Waals surface area contributed by atoms with Crippen LogP contribution in [0.4, 0.5) is 10.1 Å². The Balaban J connectivity index is 2.18. The molecule has 0 unspecified atom stereocenters. The zero-order valence-corrected chi connectivity index (χ0v) is 15.6. The van der Waals surface area contributed by atoms with Crippen LogP contribution in [0, 0.1) is 5.82 Å². The van der Waals surface area contributed by atoms with Gasteiger partial charge in [0.25, 0.3) is 0 Å². The van der Waals surface area contributed by atoms with Gasteiger partial charge < -0.3 is 10.1 Å². The molecule has 0 radical (unpaired) electrons. The lowest BCUT2D eigenvalue weighted by molar-refractivity contribution is -0.116. The summed E-state index contributed by atoms with van der Waals surface area (Å²) in [6.45, 7) is -0.833. The number of nitrogens with one attached hydrogen (secondary N) is 1. The molecule has 2 aromatic rings. The zero-order valence-electron chi connectivity index (χ0n) is 14.8. The van der Waals surface area contributed by atoms with E-state index in [9.17, 15) is 22.4 Å². The molecule has 0 saturated carbocycles. The summed E-state index contributed by atoms with van der Waals surface area (Å²) in [6.07, 6.45) is 0.934. The number of esters is 1. The first-order valence-corrected chi connectivity index (χ1v) is 9.73. The minimum Gasteiger partial charge on any atom is -0.465 e. The highest BCUT2D eigenvalue weighted by Crippen LogP contribution is 2.17. The van der Waals surface area contributed by atoms with Gasteiger partial charge in [-0.25, -0.2) is 17.6 Å². The van der Waals surface area contributed by atoms with Crippen LogP contribution in [-0.4, -0.2) is 44.5 Å². The number of nitrogens with zero attached hydrogens (tertiary/aromatic N) is 1. The van der Waals surface area contributed by atoms with Gasteiger partial charge >= 0.3 is 5.97 Å². The van der Waals surface area contributed by atoms with Crippen molar-refractivity contribution in [2.24, 2.45) is 0 Å². The van der Waals surface area contributed by atoms with Crippen LogP contribution in [0.5, 0.6) is 0 Å². The average molecular weight is 394 g/mol. The smallest absolute Gasteiger partial charge is 0.339 e. The van der Waals surface area contributed by atoms with Crippen molar-refractivity contribution in [2.45, 2.75) is 6.54 Å². The van der Waals surface area contributed by atoms with Crippen molar-refractivity contribution in [2.75, 3.05) is 25.2 Å². The third-order valence-corrected chi connectivity index (χ3v) is 4.90. The molecule has 0 fully saturated rings. The first-order valence-electron chi connectivity index (χ1n) is 7.88. The van der Waals surface area contributed by atoms with Crippen LogP contribution in [0.15, 0.2) is 48.5 Å². The zero-order chi connectivity index (χ0) is 20.0. The molecule has 1 amide bonds. The highest BCUT2D eigenvalue weighted by molar-refractivity contribution is 7.88. The monoisotopic (exact) mass is 394 g/mol. The normalized spacial score (nSPS) is 11.3. The third kappa shape index (κ3) is 5.60. The molecule has 9 heteroatoms. The van der Waals surface area contributed by atoms with Gasteiger partial charge in [-0.2, -0.15) is 4.31 Å². The van der Waals surface area contributed by atoms with Crippen molar-refractivity contribution < 1.29 is 27.1 Å². The number of anilines is 1. The van der Waals surface area contributed by atoms with Crippen molar-refractivity contribution in [3.05, 3.63) is 65.5 Å². The molecule has 1 N–H and O–H groups in total. The molecular weight excluding hydrogens is 375 g/mol. The Morgan fingerprint density at radius 3 is 2.37 bits per heavy atom. The van der Waals surface area contributed by atoms with E-state index in [2.05, 4.69) is 10.1 Å². The number of hydrogen-bond donors (Lipinski definition) is 1. The number of ether oxygens (including phenoxy) is 1. The Labute approximate surface area is 156 Å². The molecule has 27 heavy (non-hydrogen) atoms. The summed E-state index contributed by atoms with van der Waals surface area (Å²) in [4.78, 5) is 24.1. The molecular formula is C18H19FN2O5S. The number of sulfonamides is 1. The Morgan fingerprint density at radius 2 is 1.74 bits per heavy atom. The van der Waals surface area contributed by atoms with E-state index in [-0.39, 0.29) is 23.4 Å². The van der Waals surface area contributed by atoms with Gasteiger partial charge in [-0.15, -0.1) is 0 Å². The predicted molar refractivity (Wildman–Crippen MR) is 98.1 cm³/mol. The minimum atomic E-state index is -3.78. The maximum atomic E-state index is 13.8.